The summed E-state index contributed by atoms with van der Waals surface area (Å²) < 4.78 is 0. The van der Waals surface area contributed by atoms with Crippen LogP contribution in [0.3, 0.4) is 0 Å². The molecule has 0 aromatic carbocycles. The predicted molar refractivity (Wildman–Crippen MR) is 80.0 cm³/mol. The predicted octanol–water partition coefficient (Wildman–Crippen LogP) is 2.33. The molecule has 0 saturated heterocycles. The molecule has 0 bridgehead atoms. The van der Waals surface area contributed by atoms with Gasteiger partial charge < -0.3 is 10.6 Å². The van der Waals surface area contributed by atoms with E-state index in [-0.39, 0.29) is 5.91 Å². The van der Waals surface area contributed by atoms with Gasteiger partial charge in [0.15, 0.2) is 0 Å². The van der Waals surface area contributed by atoms with Crippen molar-refractivity contribution in [3.63, 3.8) is 0 Å². The Morgan fingerprint density at radius 1 is 1.28 bits per heavy atom. The highest BCUT2D eigenvalue weighted by molar-refractivity contribution is 7.99. The van der Waals surface area contributed by atoms with Gasteiger partial charge in [-0.1, -0.05) is 31.8 Å². The van der Waals surface area contributed by atoms with Crippen LogP contribution in [0.25, 0.3) is 0 Å². The van der Waals surface area contributed by atoms with Crippen LogP contribution in [0.1, 0.15) is 38.5 Å². The number of hydrogen-bond acceptors (Lipinski definition) is 3. The Kier molecular flexibility index (Phi) is 9.04. The molecule has 18 heavy (non-hydrogen) atoms. The zero-order chi connectivity index (χ0) is 13.1. The summed E-state index contributed by atoms with van der Waals surface area (Å²) >= 11 is 1.83. The topological polar surface area (TPSA) is 41.1 Å². The largest absolute Gasteiger partial charge is 0.352 e. The molecule has 0 aliphatic heterocycles. The minimum absolute atomic E-state index is 0.149. The number of amides is 1. The highest BCUT2D eigenvalue weighted by Crippen LogP contribution is 2.16. The minimum Gasteiger partial charge on any atom is -0.352 e. The SMILES string of the molecule is C=CCSCCNCC(=O)NC1CCCCCC1. The molecule has 1 saturated carbocycles. The fourth-order valence-electron chi connectivity index (χ4n) is 2.22. The summed E-state index contributed by atoms with van der Waals surface area (Å²) in [5, 5.41) is 6.32. The van der Waals surface area contributed by atoms with Gasteiger partial charge in [-0.05, 0) is 12.8 Å². The van der Waals surface area contributed by atoms with Crippen molar-refractivity contribution in [1.82, 2.24) is 10.6 Å². The van der Waals surface area contributed by atoms with Crippen LogP contribution in [-0.2, 0) is 4.79 Å². The molecule has 2 N–H and O–H groups in total. The third-order valence-electron chi connectivity index (χ3n) is 3.16. The van der Waals surface area contributed by atoms with E-state index in [0.717, 1.165) is 30.9 Å². The smallest absolute Gasteiger partial charge is 0.234 e. The van der Waals surface area contributed by atoms with Crippen molar-refractivity contribution in [3.05, 3.63) is 12.7 Å². The third-order valence-corrected chi connectivity index (χ3v) is 4.13. The standard InChI is InChI=1S/C14H26N2OS/c1-2-10-18-11-9-15-12-14(17)16-13-7-5-3-4-6-8-13/h2,13,15H,1,3-12H2,(H,16,17). The van der Waals surface area contributed by atoms with Crippen LogP contribution in [0, 0.1) is 0 Å². The molecule has 1 rings (SSSR count). The summed E-state index contributed by atoms with van der Waals surface area (Å²) in [5.74, 6) is 2.16. The normalized spacial score (nSPS) is 17.1. The van der Waals surface area contributed by atoms with E-state index in [4.69, 9.17) is 0 Å². The van der Waals surface area contributed by atoms with Crippen molar-refractivity contribution in [2.24, 2.45) is 0 Å². The Morgan fingerprint density at radius 2 is 2.00 bits per heavy atom. The van der Waals surface area contributed by atoms with Gasteiger partial charge in [0.05, 0.1) is 6.54 Å². The Bertz CT molecular complexity index is 238. The van der Waals surface area contributed by atoms with Gasteiger partial charge in [0.1, 0.15) is 0 Å². The van der Waals surface area contributed by atoms with Crippen molar-refractivity contribution in [1.29, 1.82) is 0 Å². The lowest BCUT2D eigenvalue weighted by atomic mass is 10.1. The summed E-state index contributed by atoms with van der Waals surface area (Å²) in [6, 6.07) is 0.414. The van der Waals surface area contributed by atoms with Gasteiger partial charge in [-0.15, -0.1) is 6.58 Å². The molecule has 3 nitrogen and oxygen atoms in total. The van der Waals surface area contributed by atoms with Crippen LogP contribution >= 0.6 is 11.8 Å². The molecule has 0 atom stereocenters. The average molecular weight is 270 g/mol. The van der Waals surface area contributed by atoms with Gasteiger partial charge in [-0.2, -0.15) is 11.8 Å². The van der Waals surface area contributed by atoms with Crippen LogP contribution < -0.4 is 10.6 Å². The first-order valence-corrected chi connectivity index (χ1v) is 8.17. The molecular formula is C14H26N2OS. The number of rotatable bonds is 8. The maximum absolute atomic E-state index is 11.7. The molecule has 1 amide bonds. The summed E-state index contributed by atoms with van der Waals surface area (Å²) in [6.07, 6.45) is 9.38. The zero-order valence-electron chi connectivity index (χ0n) is 11.2. The molecule has 0 radical (unpaired) electrons. The van der Waals surface area contributed by atoms with E-state index in [9.17, 15) is 4.79 Å². The Balaban J connectivity index is 2.00. The van der Waals surface area contributed by atoms with Crippen LogP contribution in [0.15, 0.2) is 12.7 Å². The van der Waals surface area contributed by atoms with Gasteiger partial charge in [-0.3, -0.25) is 4.79 Å². The summed E-state index contributed by atoms with van der Waals surface area (Å²) in [7, 11) is 0. The van der Waals surface area contributed by atoms with Crippen molar-refractivity contribution < 1.29 is 4.79 Å². The molecular weight excluding hydrogens is 244 g/mol. The lowest BCUT2D eigenvalue weighted by molar-refractivity contribution is -0.121. The van der Waals surface area contributed by atoms with Crippen molar-refractivity contribution in [2.75, 3.05) is 24.6 Å². The maximum atomic E-state index is 11.7. The first kappa shape index (κ1) is 15.6. The molecule has 1 fully saturated rings. The third kappa shape index (κ3) is 7.77. The average Bonchev–Trinajstić information content (AvgIpc) is 2.62. The second kappa shape index (κ2) is 10.4. The highest BCUT2D eigenvalue weighted by atomic mass is 32.2. The fourth-order valence-corrected chi connectivity index (χ4v) is 2.84. The van der Waals surface area contributed by atoms with E-state index in [1.807, 2.05) is 17.8 Å². The number of nitrogens with one attached hydrogen (secondary N) is 2. The fraction of sp³-hybridized carbons (Fsp3) is 0.786. The summed E-state index contributed by atoms with van der Waals surface area (Å²) in [4.78, 5) is 11.7. The van der Waals surface area contributed by atoms with E-state index < -0.39 is 0 Å². The maximum Gasteiger partial charge on any atom is 0.234 e. The molecule has 0 aromatic rings. The van der Waals surface area contributed by atoms with E-state index in [1.54, 1.807) is 0 Å². The quantitative estimate of drug-likeness (QED) is 0.404. The molecule has 104 valence electrons. The van der Waals surface area contributed by atoms with E-state index in [2.05, 4.69) is 17.2 Å². The molecule has 0 aromatic heterocycles. The first-order valence-electron chi connectivity index (χ1n) is 7.01. The van der Waals surface area contributed by atoms with E-state index in [0.29, 0.717) is 12.6 Å². The van der Waals surface area contributed by atoms with Gasteiger partial charge >= 0.3 is 0 Å². The lowest BCUT2D eigenvalue weighted by Gasteiger charge is -2.16. The molecule has 4 heteroatoms. The Hall–Kier alpha value is -0.480. The molecule has 1 aliphatic carbocycles. The van der Waals surface area contributed by atoms with Crippen molar-refractivity contribution in [3.8, 4) is 0 Å². The van der Waals surface area contributed by atoms with Crippen molar-refractivity contribution in [2.45, 2.75) is 44.6 Å². The van der Waals surface area contributed by atoms with Gasteiger partial charge in [0.2, 0.25) is 5.91 Å². The minimum atomic E-state index is 0.149. The van der Waals surface area contributed by atoms with Crippen LogP contribution in [0.5, 0.6) is 0 Å². The monoisotopic (exact) mass is 270 g/mol. The lowest BCUT2D eigenvalue weighted by Crippen LogP contribution is -2.40. The summed E-state index contributed by atoms with van der Waals surface area (Å²) in [6.45, 7) is 5.01. The second-order valence-electron chi connectivity index (χ2n) is 4.80. The Labute approximate surface area is 115 Å². The van der Waals surface area contributed by atoms with Crippen molar-refractivity contribution >= 4 is 17.7 Å². The number of carbonyl (C=O) groups excluding carboxylic acids is 1. The van der Waals surface area contributed by atoms with Crippen LogP contribution in [0.2, 0.25) is 0 Å². The molecule has 0 unspecified atom stereocenters. The number of hydrogen-bond donors (Lipinski definition) is 2. The Morgan fingerprint density at radius 3 is 2.67 bits per heavy atom. The van der Waals surface area contributed by atoms with Gasteiger partial charge in [0.25, 0.3) is 0 Å². The zero-order valence-corrected chi connectivity index (χ0v) is 12.1. The first-order chi connectivity index (χ1) is 8.83. The molecule has 0 spiro atoms. The van der Waals surface area contributed by atoms with Crippen LogP contribution in [-0.4, -0.2) is 36.5 Å². The van der Waals surface area contributed by atoms with E-state index in [1.165, 1.54) is 25.7 Å². The van der Waals surface area contributed by atoms with Crippen LogP contribution in [0.4, 0.5) is 0 Å². The van der Waals surface area contributed by atoms with Gasteiger partial charge in [0, 0.05) is 24.1 Å². The van der Waals surface area contributed by atoms with E-state index >= 15 is 0 Å². The summed E-state index contributed by atoms with van der Waals surface area (Å²) in [5.41, 5.74) is 0. The van der Waals surface area contributed by atoms with Gasteiger partial charge in [-0.25, -0.2) is 0 Å². The number of thioether (sulfide) groups is 1. The molecule has 0 heterocycles. The highest BCUT2D eigenvalue weighted by Gasteiger charge is 2.13. The second-order valence-corrected chi connectivity index (χ2v) is 5.95. The number of carbonyl (C=O) groups is 1. The molecule has 1 aliphatic rings.